The van der Waals surface area contributed by atoms with E-state index in [1.165, 1.54) is 16.7 Å². The number of hydrogen-bond acceptors (Lipinski definition) is 1. The van der Waals surface area contributed by atoms with Gasteiger partial charge in [-0.1, -0.05) is 0 Å². The number of ether oxygens (including phenoxy) is 1. The fraction of sp³-hybridized carbons (Fsp3) is 0.280. The van der Waals surface area contributed by atoms with Gasteiger partial charge in [0.05, 0.1) is 0 Å². The summed E-state index contributed by atoms with van der Waals surface area (Å²) in [4.78, 5) is 0. The molecule has 0 aromatic heterocycles. The van der Waals surface area contributed by atoms with Gasteiger partial charge in [0.15, 0.2) is 0 Å². The fourth-order valence-corrected chi connectivity index (χ4v) is 13.3. The maximum absolute atomic E-state index is 5.80. The van der Waals surface area contributed by atoms with Gasteiger partial charge in [-0.25, -0.2) is 0 Å². The van der Waals surface area contributed by atoms with Crippen LogP contribution in [0.25, 0.3) is 0 Å². The van der Waals surface area contributed by atoms with E-state index >= 15 is 0 Å². The Hall–Kier alpha value is -1.50. The van der Waals surface area contributed by atoms with Crippen molar-refractivity contribution in [2.75, 3.05) is 6.61 Å². The van der Waals surface area contributed by atoms with Crippen molar-refractivity contribution in [3.05, 3.63) is 89.5 Å². The van der Waals surface area contributed by atoms with Gasteiger partial charge in [0.2, 0.25) is 0 Å². The van der Waals surface area contributed by atoms with Crippen LogP contribution in [0.3, 0.4) is 0 Å². The van der Waals surface area contributed by atoms with Crippen LogP contribution in [0.4, 0.5) is 0 Å². The van der Waals surface area contributed by atoms with Gasteiger partial charge in [-0.05, 0) is 0 Å². The molecule has 0 spiro atoms. The molecule has 3 rings (SSSR count). The third-order valence-corrected chi connectivity index (χ3v) is 14.6. The van der Waals surface area contributed by atoms with Crippen LogP contribution in [-0.2, 0) is 24.2 Å². The molecule has 0 unspecified atom stereocenters. The van der Waals surface area contributed by atoms with Crippen molar-refractivity contribution in [2.45, 2.75) is 40.2 Å². The molecule has 0 N–H and O–H groups in total. The van der Waals surface area contributed by atoms with Crippen LogP contribution < -0.4 is 9.81 Å². The molecule has 0 amide bonds. The molecule has 27 heavy (non-hydrogen) atoms. The summed E-state index contributed by atoms with van der Waals surface area (Å²) in [6.07, 6.45) is 2.17. The van der Waals surface area contributed by atoms with E-state index in [0.29, 0.717) is 6.61 Å². The summed E-state index contributed by atoms with van der Waals surface area (Å²) in [7, 11) is 0. The fourth-order valence-electron chi connectivity index (χ4n) is 3.32. The van der Waals surface area contributed by atoms with Gasteiger partial charge in [-0.15, -0.1) is 0 Å². The van der Waals surface area contributed by atoms with Crippen LogP contribution in [0.1, 0.15) is 37.5 Å². The van der Waals surface area contributed by atoms with E-state index < -0.39 is 21.8 Å². The molecule has 2 heteroatoms. The van der Waals surface area contributed by atoms with E-state index in [9.17, 15) is 0 Å². The average Bonchev–Trinajstić information content (AvgIpc) is 2.73. The molecular formula is C25H29BiO. The Balaban J connectivity index is 2.15. The predicted molar refractivity (Wildman–Crippen MR) is 118 cm³/mol. The van der Waals surface area contributed by atoms with Crippen molar-refractivity contribution in [3.8, 4) is 0 Å². The molecule has 0 bridgehead atoms. The predicted octanol–water partition coefficient (Wildman–Crippen LogP) is 3.86. The van der Waals surface area contributed by atoms with Crippen LogP contribution in [-0.4, -0.2) is 28.4 Å². The van der Waals surface area contributed by atoms with Crippen molar-refractivity contribution in [3.63, 3.8) is 0 Å². The summed E-state index contributed by atoms with van der Waals surface area (Å²) in [5, 5.41) is 0. The zero-order valence-corrected chi connectivity index (χ0v) is 20.1. The van der Waals surface area contributed by atoms with Gasteiger partial charge in [0, 0.05) is 0 Å². The van der Waals surface area contributed by atoms with E-state index in [1.54, 1.807) is 9.81 Å². The molecule has 0 aliphatic heterocycles. The van der Waals surface area contributed by atoms with Crippen LogP contribution in [0.15, 0.2) is 72.8 Å². The topological polar surface area (TPSA) is 9.23 Å². The van der Waals surface area contributed by atoms with Crippen molar-refractivity contribution in [1.82, 2.24) is 0 Å². The Labute approximate surface area is 172 Å². The first kappa shape index (κ1) is 20.2. The minimum atomic E-state index is -2.38. The van der Waals surface area contributed by atoms with E-state index in [4.69, 9.17) is 4.74 Å². The Bertz CT molecular complexity index is 824. The van der Waals surface area contributed by atoms with Crippen molar-refractivity contribution < 1.29 is 4.74 Å². The van der Waals surface area contributed by atoms with Crippen LogP contribution in [0.2, 0.25) is 0 Å². The Kier molecular flexibility index (Phi) is 7.62. The van der Waals surface area contributed by atoms with E-state index in [0.717, 1.165) is 19.4 Å². The quantitative estimate of drug-likeness (QED) is 0.385. The number of hydrogen-bond donors (Lipinski definition) is 0. The number of benzene rings is 3. The van der Waals surface area contributed by atoms with Gasteiger partial charge in [0.1, 0.15) is 0 Å². The van der Waals surface area contributed by atoms with Gasteiger partial charge in [-0.2, -0.15) is 0 Å². The van der Waals surface area contributed by atoms with Gasteiger partial charge >= 0.3 is 173 Å². The van der Waals surface area contributed by atoms with Crippen molar-refractivity contribution in [1.29, 1.82) is 0 Å². The number of rotatable bonds is 8. The molecule has 0 saturated heterocycles. The maximum atomic E-state index is 5.80. The summed E-state index contributed by atoms with van der Waals surface area (Å²) in [6, 6.07) is 27.5. The molecule has 0 fully saturated rings. The van der Waals surface area contributed by atoms with Gasteiger partial charge < -0.3 is 0 Å². The molecule has 3 aromatic carbocycles. The second-order valence-corrected chi connectivity index (χ2v) is 15.1. The monoisotopic (exact) mass is 554 g/mol. The molecule has 0 aliphatic carbocycles. The molecule has 0 aliphatic rings. The molecule has 0 saturated carbocycles. The Morgan fingerprint density at radius 3 is 1.85 bits per heavy atom. The first-order valence-corrected chi connectivity index (χ1v) is 15.1. The Morgan fingerprint density at radius 1 is 0.704 bits per heavy atom. The molecule has 0 atom stereocenters. The van der Waals surface area contributed by atoms with Crippen LogP contribution >= 0.6 is 0 Å². The second-order valence-electron chi connectivity index (χ2n) is 6.65. The number of aryl methyl sites for hydroxylation is 2. The average molecular weight is 554 g/mol. The van der Waals surface area contributed by atoms with Crippen LogP contribution in [0, 0.1) is 0 Å². The van der Waals surface area contributed by atoms with E-state index in [1.807, 2.05) is 0 Å². The van der Waals surface area contributed by atoms with Crippen LogP contribution in [0.5, 0.6) is 0 Å². The van der Waals surface area contributed by atoms with Crippen molar-refractivity contribution in [2.24, 2.45) is 0 Å². The first-order valence-electron chi connectivity index (χ1n) is 9.90. The van der Waals surface area contributed by atoms with E-state index in [2.05, 4.69) is 93.6 Å². The molecular weight excluding hydrogens is 525 g/mol. The van der Waals surface area contributed by atoms with Gasteiger partial charge in [0.25, 0.3) is 0 Å². The van der Waals surface area contributed by atoms with Gasteiger partial charge in [-0.3, -0.25) is 0 Å². The molecule has 1 nitrogen and oxygen atoms in total. The SMILES string of the molecule is CCOCc1cccc[c]1[Bi]([c]1cccc(CC)c1)[c]1cccc(CC)c1. The third kappa shape index (κ3) is 5.06. The molecule has 0 heterocycles. The summed E-state index contributed by atoms with van der Waals surface area (Å²) in [5.41, 5.74) is 4.23. The Morgan fingerprint density at radius 2 is 1.30 bits per heavy atom. The van der Waals surface area contributed by atoms with Crippen molar-refractivity contribution >= 4 is 31.6 Å². The molecule has 140 valence electrons. The second kappa shape index (κ2) is 10.2. The summed E-state index contributed by atoms with van der Waals surface area (Å²) < 4.78 is 10.5. The summed E-state index contributed by atoms with van der Waals surface area (Å²) >= 11 is -2.38. The summed E-state index contributed by atoms with van der Waals surface area (Å²) in [5.74, 6) is 0. The zero-order chi connectivity index (χ0) is 19.1. The summed E-state index contributed by atoms with van der Waals surface area (Å²) in [6.45, 7) is 8.01. The zero-order valence-electron chi connectivity index (χ0n) is 16.6. The minimum absolute atomic E-state index is 0.708. The van der Waals surface area contributed by atoms with E-state index in [-0.39, 0.29) is 0 Å². The third-order valence-electron chi connectivity index (χ3n) is 4.85. The molecule has 0 radical (unpaired) electrons. The standard InChI is InChI=1S/C9H11O.2C8H9.Bi/c1-2-10-8-9-6-4-3-5-7-9;2*1-2-8-6-4-3-5-7-8;/h3-6H,2,8H2,1H3;2*3-4,6-7H,2H2,1H3;. The molecule has 3 aromatic rings. The first-order chi connectivity index (χ1) is 13.3. The normalized spacial score (nSPS) is 11.1.